The molecule has 2 aromatic carbocycles. The SMILES string of the molecule is CCc1nn2ccccc2c1C(=O)NCc1ccc(C2CC3(C2)CN(c2ccc(OC(F)(F)F)cc2)C3)cc1. The van der Waals surface area contributed by atoms with Gasteiger partial charge in [0, 0.05) is 36.9 Å². The first-order valence-corrected chi connectivity index (χ1v) is 13.2. The number of pyridine rings is 1. The number of carbonyl (C=O) groups excluding carboxylic acids is 1. The van der Waals surface area contributed by atoms with Crippen molar-refractivity contribution in [3.8, 4) is 5.75 Å². The molecule has 4 aromatic rings. The van der Waals surface area contributed by atoms with Crippen molar-refractivity contribution < 1.29 is 22.7 Å². The molecular weight excluding hydrogens is 505 g/mol. The lowest BCUT2D eigenvalue weighted by atomic mass is 9.56. The Morgan fingerprint density at radius 3 is 2.44 bits per heavy atom. The summed E-state index contributed by atoms with van der Waals surface area (Å²) in [6.07, 6.45) is 0.0594. The Balaban J connectivity index is 0.999. The van der Waals surface area contributed by atoms with Gasteiger partial charge >= 0.3 is 6.36 Å². The molecule has 0 unspecified atom stereocenters. The number of hydrogen-bond acceptors (Lipinski definition) is 4. The van der Waals surface area contributed by atoms with Crippen molar-refractivity contribution in [1.82, 2.24) is 14.9 Å². The molecule has 2 aromatic heterocycles. The van der Waals surface area contributed by atoms with Gasteiger partial charge in [-0.25, -0.2) is 4.52 Å². The maximum atomic E-state index is 13.0. The number of hydrogen-bond donors (Lipinski definition) is 1. The Morgan fingerprint density at radius 2 is 1.77 bits per heavy atom. The van der Waals surface area contributed by atoms with E-state index in [0.29, 0.717) is 24.4 Å². The topological polar surface area (TPSA) is 58.9 Å². The third kappa shape index (κ3) is 5.05. The van der Waals surface area contributed by atoms with E-state index in [-0.39, 0.29) is 17.1 Å². The normalized spacial score (nSPS) is 16.7. The Morgan fingerprint density at radius 1 is 1.05 bits per heavy atom. The highest BCUT2D eigenvalue weighted by atomic mass is 19.4. The molecule has 1 amide bonds. The average molecular weight is 535 g/mol. The molecule has 39 heavy (non-hydrogen) atoms. The van der Waals surface area contributed by atoms with Crippen LogP contribution in [0.15, 0.2) is 72.9 Å². The standard InChI is InChI=1S/C30H29F3N4O2/c1-2-25-27(26-5-3-4-14-37(26)35-25)28(38)34-17-20-6-8-21(9-7-20)22-15-29(16-22)18-36(19-29)23-10-12-24(13-11-23)39-30(31,32)33/h3-14,22H,2,15-19H2,1H3,(H,34,38). The summed E-state index contributed by atoms with van der Waals surface area (Å²) in [5.41, 5.74) is 5.78. The molecule has 0 atom stereocenters. The maximum absolute atomic E-state index is 13.0. The van der Waals surface area contributed by atoms with Gasteiger partial charge in [-0.15, -0.1) is 13.2 Å². The Bertz CT molecular complexity index is 1480. The number of carbonyl (C=O) groups is 1. The Hall–Kier alpha value is -4.01. The number of nitrogens with zero attached hydrogens (tertiary/aromatic N) is 3. The van der Waals surface area contributed by atoms with Gasteiger partial charge in [0.25, 0.3) is 5.91 Å². The van der Waals surface area contributed by atoms with Crippen LogP contribution < -0.4 is 15.0 Å². The molecule has 1 N–H and O–H groups in total. The summed E-state index contributed by atoms with van der Waals surface area (Å²) in [6, 6.07) is 20.3. The van der Waals surface area contributed by atoms with Crippen LogP contribution in [-0.2, 0) is 13.0 Å². The molecule has 1 aliphatic carbocycles. The molecule has 202 valence electrons. The number of anilines is 1. The van der Waals surface area contributed by atoms with E-state index in [1.807, 2.05) is 31.3 Å². The van der Waals surface area contributed by atoms with Crippen molar-refractivity contribution in [1.29, 1.82) is 0 Å². The fourth-order valence-electron chi connectivity index (χ4n) is 6.00. The minimum Gasteiger partial charge on any atom is -0.406 e. The van der Waals surface area contributed by atoms with Crippen molar-refractivity contribution >= 4 is 17.1 Å². The van der Waals surface area contributed by atoms with Crippen LogP contribution in [0.25, 0.3) is 5.52 Å². The lowest BCUT2D eigenvalue weighted by molar-refractivity contribution is -0.274. The second-order valence-electron chi connectivity index (χ2n) is 10.6. The maximum Gasteiger partial charge on any atom is 0.573 e. The van der Waals surface area contributed by atoms with E-state index in [2.05, 4.69) is 44.3 Å². The minimum absolute atomic E-state index is 0.116. The Labute approximate surface area is 224 Å². The smallest absolute Gasteiger partial charge is 0.406 e. The van der Waals surface area contributed by atoms with Gasteiger partial charge in [0.2, 0.25) is 0 Å². The monoisotopic (exact) mass is 534 g/mol. The molecule has 6 rings (SSSR count). The third-order valence-electron chi connectivity index (χ3n) is 7.93. The molecular formula is C30H29F3N4O2. The van der Waals surface area contributed by atoms with E-state index < -0.39 is 6.36 Å². The third-order valence-corrected chi connectivity index (χ3v) is 7.93. The molecule has 1 saturated carbocycles. The number of amides is 1. The molecule has 9 heteroatoms. The number of halogens is 3. The first-order chi connectivity index (χ1) is 18.7. The zero-order valence-electron chi connectivity index (χ0n) is 21.5. The number of rotatable bonds is 7. The van der Waals surface area contributed by atoms with E-state index in [4.69, 9.17) is 0 Å². The fourth-order valence-corrected chi connectivity index (χ4v) is 6.00. The number of nitrogens with one attached hydrogen (secondary N) is 1. The van der Waals surface area contributed by atoms with Crippen molar-refractivity contribution in [2.75, 3.05) is 18.0 Å². The number of aryl methyl sites for hydroxylation is 1. The van der Waals surface area contributed by atoms with Crippen LogP contribution in [0, 0.1) is 5.41 Å². The highest BCUT2D eigenvalue weighted by Gasteiger charge is 2.52. The van der Waals surface area contributed by atoms with Gasteiger partial charge in [0.15, 0.2) is 0 Å². The number of aromatic nitrogens is 2. The summed E-state index contributed by atoms with van der Waals surface area (Å²) in [7, 11) is 0. The Kier molecular flexibility index (Phi) is 6.24. The lowest BCUT2D eigenvalue weighted by Crippen LogP contribution is -2.61. The number of benzene rings is 2. The molecule has 6 nitrogen and oxygen atoms in total. The second kappa shape index (κ2) is 9.63. The zero-order valence-corrected chi connectivity index (χ0v) is 21.5. The quantitative estimate of drug-likeness (QED) is 0.311. The van der Waals surface area contributed by atoms with Crippen LogP contribution in [0.4, 0.5) is 18.9 Å². The molecule has 0 radical (unpaired) electrons. The summed E-state index contributed by atoms with van der Waals surface area (Å²) in [4.78, 5) is 15.2. The second-order valence-corrected chi connectivity index (χ2v) is 10.6. The van der Waals surface area contributed by atoms with Crippen LogP contribution in [-0.4, -0.2) is 35.0 Å². The number of alkyl halides is 3. The molecule has 2 aliphatic rings. The molecule has 1 aliphatic heterocycles. The van der Waals surface area contributed by atoms with E-state index in [1.165, 1.54) is 17.7 Å². The van der Waals surface area contributed by atoms with Crippen molar-refractivity contribution in [3.05, 3.63) is 95.3 Å². The molecule has 0 bridgehead atoms. The highest BCUT2D eigenvalue weighted by molar-refractivity contribution is 6.02. The summed E-state index contributed by atoms with van der Waals surface area (Å²) in [5, 5.41) is 7.57. The molecule has 1 saturated heterocycles. The van der Waals surface area contributed by atoms with Gasteiger partial charge < -0.3 is 15.0 Å². The van der Waals surface area contributed by atoms with Crippen molar-refractivity contribution in [2.45, 2.75) is 45.0 Å². The van der Waals surface area contributed by atoms with E-state index in [1.54, 1.807) is 16.6 Å². The first-order valence-electron chi connectivity index (χ1n) is 13.2. The lowest BCUT2D eigenvalue weighted by Gasteiger charge is -2.60. The summed E-state index contributed by atoms with van der Waals surface area (Å²) < 4.78 is 42.8. The van der Waals surface area contributed by atoms with E-state index in [9.17, 15) is 18.0 Å². The largest absolute Gasteiger partial charge is 0.573 e. The van der Waals surface area contributed by atoms with E-state index >= 15 is 0 Å². The zero-order chi connectivity index (χ0) is 27.2. The van der Waals surface area contributed by atoms with Gasteiger partial charge in [0.1, 0.15) is 5.75 Å². The minimum atomic E-state index is -4.68. The highest BCUT2D eigenvalue weighted by Crippen LogP contribution is 2.56. The molecule has 2 fully saturated rings. The van der Waals surface area contributed by atoms with Gasteiger partial charge in [-0.1, -0.05) is 37.3 Å². The summed E-state index contributed by atoms with van der Waals surface area (Å²) in [6.45, 7) is 4.27. The van der Waals surface area contributed by atoms with Crippen molar-refractivity contribution in [2.24, 2.45) is 5.41 Å². The number of fused-ring (bicyclic) bond motifs is 1. The summed E-state index contributed by atoms with van der Waals surface area (Å²) >= 11 is 0. The predicted molar refractivity (Wildman–Crippen MR) is 142 cm³/mol. The van der Waals surface area contributed by atoms with Gasteiger partial charge in [-0.05, 0) is 72.7 Å². The van der Waals surface area contributed by atoms with Crippen LogP contribution >= 0.6 is 0 Å². The van der Waals surface area contributed by atoms with Crippen LogP contribution in [0.2, 0.25) is 0 Å². The van der Waals surface area contributed by atoms with Crippen LogP contribution in [0.5, 0.6) is 5.75 Å². The predicted octanol–water partition coefficient (Wildman–Crippen LogP) is 6.11. The van der Waals surface area contributed by atoms with Gasteiger partial charge in [-0.3, -0.25) is 4.79 Å². The molecule has 3 heterocycles. The average Bonchev–Trinajstić information content (AvgIpc) is 3.25. The fraction of sp³-hybridized carbons (Fsp3) is 0.333. The number of ether oxygens (including phenoxy) is 1. The van der Waals surface area contributed by atoms with E-state index in [0.717, 1.165) is 48.4 Å². The van der Waals surface area contributed by atoms with Gasteiger partial charge in [-0.2, -0.15) is 5.10 Å². The van der Waals surface area contributed by atoms with Crippen LogP contribution in [0.1, 0.15) is 52.9 Å². The van der Waals surface area contributed by atoms with Crippen LogP contribution in [0.3, 0.4) is 0 Å². The van der Waals surface area contributed by atoms with Crippen molar-refractivity contribution in [3.63, 3.8) is 0 Å². The molecule has 1 spiro atoms. The first kappa shape index (κ1) is 25.3. The van der Waals surface area contributed by atoms with Gasteiger partial charge in [0.05, 0.1) is 16.8 Å². The summed E-state index contributed by atoms with van der Waals surface area (Å²) in [5.74, 6) is 0.189.